The number of hydrazone groups is 1. The highest BCUT2D eigenvalue weighted by Gasteiger charge is 2.14. The first kappa shape index (κ1) is 18.2. The van der Waals surface area contributed by atoms with Crippen molar-refractivity contribution in [2.45, 2.75) is 6.42 Å². The van der Waals surface area contributed by atoms with Crippen LogP contribution in [0.3, 0.4) is 0 Å². The minimum atomic E-state index is -0.0781. The molecule has 2 rings (SSSR count). The van der Waals surface area contributed by atoms with E-state index in [1.165, 1.54) is 0 Å². The molecule has 1 amide bonds. The first-order valence-corrected chi connectivity index (χ1v) is 8.07. The fourth-order valence-electron chi connectivity index (χ4n) is 2.50. The van der Waals surface area contributed by atoms with E-state index in [1.807, 2.05) is 6.07 Å². The summed E-state index contributed by atoms with van der Waals surface area (Å²) < 4.78 is 10.4. The lowest BCUT2D eigenvalue weighted by atomic mass is 10.2. The maximum atomic E-state index is 11.9. The second-order valence-corrected chi connectivity index (χ2v) is 5.80. The van der Waals surface area contributed by atoms with Gasteiger partial charge in [0.05, 0.1) is 20.4 Å². The fourth-order valence-corrected chi connectivity index (χ4v) is 2.50. The Balaban J connectivity index is 1.75. The normalized spacial score (nSPS) is 16.3. The Morgan fingerprint density at radius 1 is 1.21 bits per heavy atom. The van der Waals surface area contributed by atoms with Crippen LogP contribution >= 0.6 is 0 Å². The van der Waals surface area contributed by atoms with E-state index in [1.54, 1.807) is 32.6 Å². The van der Waals surface area contributed by atoms with Crippen LogP contribution < -0.4 is 14.9 Å². The molecule has 1 aromatic carbocycles. The Bertz CT molecular complexity index is 569. The van der Waals surface area contributed by atoms with E-state index in [9.17, 15) is 4.79 Å². The van der Waals surface area contributed by atoms with E-state index in [0.29, 0.717) is 17.9 Å². The predicted molar refractivity (Wildman–Crippen MR) is 93.8 cm³/mol. The molecule has 1 aliphatic rings. The maximum absolute atomic E-state index is 11.9. The van der Waals surface area contributed by atoms with E-state index >= 15 is 0 Å². The highest BCUT2D eigenvalue weighted by atomic mass is 16.5. The topological polar surface area (TPSA) is 66.4 Å². The number of nitrogens with zero attached hydrogens (tertiary/aromatic N) is 3. The maximum Gasteiger partial charge on any atom is 0.241 e. The molecule has 1 heterocycles. The van der Waals surface area contributed by atoms with E-state index in [4.69, 9.17) is 9.47 Å². The van der Waals surface area contributed by atoms with Crippen molar-refractivity contribution in [1.82, 2.24) is 15.2 Å². The highest BCUT2D eigenvalue weighted by Crippen LogP contribution is 2.26. The lowest BCUT2D eigenvalue weighted by molar-refractivity contribution is -0.121. The number of benzene rings is 1. The van der Waals surface area contributed by atoms with Crippen molar-refractivity contribution in [1.29, 1.82) is 0 Å². The molecule has 24 heavy (non-hydrogen) atoms. The van der Waals surface area contributed by atoms with Gasteiger partial charge in [0.1, 0.15) is 0 Å². The van der Waals surface area contributed by atoms with Gasteiger partial charge in [0, 0.05) is 39.1 Å². The largest absolute Gasteiger partial charge is 0.493 e. The fraction of sp³-hybridized carbons (Fsp3) is 0.529. The number of hydrogen-bond donors (Lipinski definition) is 1. The smallest absolute Gasteiger partial charge is 0.241 e. The highest BCUT2D eigenvalue weighted by molar-refractivity contribution is 5.83. The molecule has 1 fully saturated rings. The first-order chi connectivity index (χ1) is 11.6. The van der Waals surface area contributed by atoms with Crippen LogP contribution in [0.1, 0.15) is 12.0 Å². The molecule has 1 aliphatic heterocycles. The second kappa shape index (κ2) is 9.24. The average Bonchev–Trinajstić information content (AvgIpc) is 2.61. The van der Waals surface area contributed by atoms with Crippen molar-refractivity contribution in [3.05, 3.63) is 23.8 Å². The van der Waals surface area contributed by atoms with E-state index in [0.717, 1.165) is 38.3 Å². The van der Waals surface area contributed by atoms with Crippen molar-refractivity contribution in [2.75, 3.05) is 54.0 Å². The van der Waals surface area contributed by atoms with Gasteiger partial charge in [0.25, 0.3) is 0 Å². The van der Waals surface area contributed by atoms with Crippen molar-refractivity contribution >= 4 is 12.1 Å². The number of carbonyl (C=O) groups is 1. The summed E-state index contributed by atoms with van der Waals surface area (Å²) >= 11 is 0. The molecule has 1 aromatic rings. The van der Waals surface area contributed by atoms with Crippen molar-refractivity contribution in [2.24, 2.45) is 5.10 Å². The molecule has 1 saturated heterocycles. The van der Waals surface area contributed by atoms with Gasteiger partial charge < -0.3 is 19.3 Å². The molecule has 7 nitrogen and oxygen atoms in total. The van der Waals surface area contributed by atoms with Crippen molar-refractivity contribution in [3.63, 3.8) is 0 Å². The minimum Gasteiger partial charge on any atom is -0.493 e. The molecule has 132 valence electrons. The molecule has 0 spiro atoms. The molecule has 0 bridgehead atoms. The number of hydrogen-bond acceptors (Lipinski definition) is 6. The molecule has 1 N–H and O–H groups in total. The third kappa shape index (κ3) is 5.50. The SMILES string of the molecule is COc1ccc(/C=N/NC(=O)CCN2CCN(C)CC2)cc1OC. The zero-order valence-electron chi connectivity index (χ0n) is 14.6. The van der Waals surface area contributed by atoms with E-state index in [-0.39, 0.29) is 5.91 Å². The number of nitrogens with one attached hydrogen (secondary N) is 1. The number of carbonyl (C=O) groups excluding carboxylic acids is 1. The predicted octanol–water partition coefficient (Wildman–Crippen LogP) is 0.791. The first-order valence-electron chi connectivity index (χ1n) is 8.07. The number of rotatable bonds is 7. The van der Waals surface area contributed by atoms with Crippen LogP contribution in [0.15, 0.2) is 23.3 Å². The monoisotopic (exact) mass is 334 g/mol. The Morgan fingerprint density at radius 3 is 2.58 bits per heavy atom. The number of likely N-dealkylation sites (N-methyl/N-ethyl adjacent to an activating group) is 1. The number of ether oxygens (including phenoxy) is 2. The summed E-state index contributed by atoms with van der Waals surface area (Å²) in [4.78, 5) is 16.5. The van der Waals surface area contributed by atoms with Crippen LogP contribution in [-0.2, 0) is 4.79 Å². The van der Waals surface area contributed by atoms with Crippen molar-refractivity contribution < 1.29 is 14.3 Å². The van der Waals surface area contributed by atoms with Crippen LogP contribution in [0.5, 0.6) is 11.5 Å². The summed E-state index contributed by atoms with van der Waals surface area (Å²) in [5.74, 6) is 1.21. The quantitative estimate of drug-likeness (QED) is 0.590. The summed E-state index contributed by atoms with van der Waals surface area (Å²) in [7, 11) is 5.29. The summed E-state index contributed by atoms with van der Waals surface area (Å²) in [6.07, 6.45) is 2.04. The summed E-state index contributed by atoms with van der Waals surface area (Å²) in [6.45, 7) is 4.90. The second-order valence-electron chi connectivity index (χ2n) is 5.80. The number of methoxy groups -OCH3 is 2. The third-order valence-electron chi connectivity index (χ3n) is 4.06. The molecule has 0 radical (unpaired) electrons. The summed E-state index contributed by atoms with van der Waals surface area (Å²) in [6, 6.07) is 5.45. The Kier molecular flexibility index (Phi) is 7.02. The standard InChI is InChI=1S/C17H26N4O3/c1-20-8-10-21(11-9-20)7-6-17(22)19-18-13-14-4-5-15(23-2)16(12-14)24-3/h4-5,12-13H,6-11H2,1-3H3,(H,19,22)/b18-13+. The molecular formula is C17H26N4O3. The lowest BCUT2D eigenvalue weighted by Gasteiger charge is -2.32. The third-order valence-corrected chi connectivity index (χ3v) is 4.06. The van der Waals surface area contributed by atoms with Gasteiger partial charge in [-0.2, -0.15) is 5.10 Å². The Hall–Kier alpha value is -2.12. The zero-order valence-corrected chi connectivity index (χ0v) is 14.6. The van der Waals surface area contributed by atoms with E-state index < -0.39 is 0 Å². The van der Waals surface area contributed by atoms with Crippen LogP contribution in [0.25, 0.3) is 0 Å². The summed E-state index contributed by atoms with van der Waals surface area (Å²) in [5, 5.41) is 4.00. The van der Waals surface area contributed by atoms with Gasteiger partial charge >= 0.3 is 0 Å². The molecule has 0 aliphatic carbocycles. The minimum absolute atomic E-state index is 0.0781. The van der Waals surface area contributed by atoms with E-state index in [2.05, 4.69) is 27.4 Å². The number of piperazine rings is 1. The lowest BCUT2D eigenvalue weighted by Crippen LogP contribution is -2.45. The average molecular weight is 334 g/mol. The molecule has 0 saturated carbocycles. The Morgan fingerprint density at radius 2 is 1.92 bits per heavy atom. The van der Waals surface area contributed by atoms with Gasteiger partial charge in [-0.25, -0.2) is 5.43 Å². The van der Waals surface area contributed by atoms with Gasteiger partial charge in [0.2, 0.25) is 5.91 Å². The molecule has 0 atom stereocenters. The van der Waals surface area contributed by atoms with Crippen LogP contribution in [0, 0.1) is 0 Å². The molecule has 0 aromatic heterocycles. The van der Waals surface area contributed by atoms with Crippen LogP contribution in [0.4, 0.5) is 0 Å². The van der Waals surface area contributed by atoms with Gasteiger partial charge in [0.15, 0.2) is 11.5 Å². The molecule has 7 heteroatoms. The van der Waals surface area contributed by atoms with Crippen LogP contribution in [0.2, 0.25) is 0 Å². The zero-order chi connectivity index (χ0) is 17.4. The molecular weight excluding hydrogens is 308 g/mol. The van der Waals surface area contributed by atoms with Crippen molar-refractivity contribution in [3.8, 4) is 11.5 Å². The Labute approximate surface area is 143 Å². The summed E-state index contributed by atoms with van der Waals surface area (Å²) in [5.41, 5.74) is 3.39. The van der Waals surface area contributed by atoms with Gasteiger partial charge in [-0.15, -0.1) is 0 Å². The van der Waals surface area contributed by atoms with Crippen LogP contribution in [-0.4, -0.2) is 75.9 Å². The number of amides is 1. The van der Waals surface area contributed by atoms with Gasteiger partial charge in [-0.1, -0.05) is 0 Å². The van der Waals surface area contributed by atoms with Gasteiger partial charge in [-0.3, -0.25) is 4.79 Å². The van der Waals surface area contributed by atoms with Gasteiger partial charge in [-0.05, 0) is 30.8 Å². The molecule has 0 unspecified atom stereocenters.